The average Bonchev–Trinajstić information content (AvgIpc) is 2.80. The van der Waals surface area contributed by atoms with Crippen molar-refractivity contribution >= 4 is 26.5 Å². The fraction of sp³-hybridized carbons (Fsp3) is 0.267. The summed E-state index contributed by atoms with van der Waals surface area (Å²) in [6, 6.07) is 9.17. The third kappa shape index (κ3) is 3.47. The molecule has 0 aliphatic heterocycles. The standard InChI is InChI=1S/C15H17FN3PS/c1-9(2)18-21-15-7-12(16)11(6-14(15)20)13-5-4-10(8-17)19(13)3/h4-7,9,18H,20H2,1-3H3. The van der Waals surface area contributed by atoms with Crippen molar-refractivity contribution in [2.24, 2.45) is 7.05 Å². The van der Waals surface area contributed by atoms with E-state index in [1.807, 2.05) is 13.8 Å². The van der Waals surface area contributed by atoms with E-state index in [4.69, 9.17) is 5.26 Å². The molecule has 1 aromatic heterocycles. The van der Waals surface area contributed by atoms with Crippen LogP contribution in [0, 0.1) is 17.1 Å². The van der Waals surface area contributed by atoms with E-state index < -0.39 is 0 Å². The first-order valence-electron chi connectivity index (χ1n) is 6.51. The van der Waals surface area contributed by atoms with Gasteiger partial charge in [-0.15, -0.1) is 9.24 Å². The second kappa shape index (κ2) is 6.62. The summed E-state index contributed by atoms with van der Waals surface area (Å²) < 4.78 is 19.3. The van der Waals surface area contributed by atoms with Gasteiger partial charge in [0.15, 0.2) is 0 Å². The summed E-state index contributed by atoms with van der Waals surface area (Å²) in [4.78, 5) is 0.838. The highest BCUT2D eigenvalue weighted by Gasteiger charge is 2.14. The van der Waals surface area contributed by atoms with Gasteiger partial charge in [0.25, 0.3) is 0 Å². The Hall–Kier alpha value is -1.34. The fourth-order valence-corrected chi connectivity index (χ4v) is 3.06. The number of nitrogens with one attached hydrogen (secondary N) is 1. The predicted octanol–water partition coefficient (Wildman–Crippen LogP) is 3.21. The van der Waals surface area contributed by atoms with Gasteiger partial charge < -0.3 is 4.57 Å². The van der Waals surface area contributed by atoms with Crippen LogP contribution in [0.5, 0.6) is 0 Å². The summed E-state index contributed by atoms with van der Waals surface area (Å²) in [5.74, 6) is -0.292. The van der Waals surface area contributed by atoms with Crippen LogP contribution in [0.2, 0.25) is 0 Å². The van der Waals surface area contributed by atoms with Gasteiger partial charge in [0.1, 0.15) is 17.6 Å². The Labute approximate surface area is 130 Å². The van der Waals surface area contributed by atoms with Crippen molar-refractivity contribution < 1.29 is 4.39 Å². The molecule has 0 spiro atoms. The summed E-state index contributed by atoms with van der Waals surface area (Å²) in [5.41, 5.74) is 1.70. The number of nitrogens with zero attached hydrogens (tertiary/aromatic N) is 2. The van der Waals surface area contributed by atoms with Crippen LogP contribution in [0.1, 0.15) is 19.5 Å². The molecule has 0 aliphatic rings. The maximum atomic E-state index is 14.4. The number of rotatable bonds is 4. The zero-order valence-electron chi connectivity index (χ0n) is 12.1. The van der Waals surface area contributed by atoms with Crippen molar-refractivity contribution in [3.05, 3.63) is 35.8 Å². The fourth-order valence-electron chi connectivity index (χ4n) is 1.93. The average molecular weight is 321 g/mol. The number of aromatic nitrogens is 1. The van der Waals surface area contributed by atoms with Gasteiger partial charge in [-0.2, -0.15) is 5.26 Å². The second-order valence-corrected chi connectivity index (χ2v) is 6.52. The summed E-state index contributed by atoms with van der Waals surface area (Å²) >= 11 is 1.42. The molecule has 1 unspecified atom stereocenters. The lowest BCUT2D eigenvalue weighted by Gasteiger charge is -2.12. The minimum absolute atomic E-state index is 0.292. The van der Waals surface area contributed by atoms with Crippen LogP contribution in [0.25, 0.3) is 11.3 Å². The Kier molecular flexibility index (Phi) is 5.05. The first-order chi connectivity index (χ1) is 9.93. The van der Waals surface area contributed by atoms with Gasteiger partial charge in [0, 0.05) is 23.5 Å². The highest BCUT2D eigenvalue weighted by molar-refractivity contribution is 7.97. The summed E-state index contributed by atoms with van der Waals surface area (Å²) in [6.07, 6.45) is 0. The molecule has 0 bridgehead atoms. The molecule has 0 aliphatic carbocycles. The first-order valence-corrected chi connectivity index (χ1v) is 7.91. The third-order valence-corrected chi connectivity index (χ3v) is 4.87. The van der Waals surface area contributed by atoms with E-state index >= 15 is 0 Å². The minimum Gasteiger partial charge on any atom is -0.335 e. The van der Waals surface area contributed by atoms with Crippen LogP contribution in [-0.4, -0.2) is 10.6 Å². The molecule has 2 rings (SSSR count). The maximum Gasteiger partial charge on any atom is 0.133 e. The number of hydrogen-bond acceptors (Lipinski definition) is 3. The van der Waals surface area contributed by atoms with Crippen molar-refractivity contribution in [3.8, 4) is 17.3 Å². The van der Waals surface area contributed by atoms with E-state index in [0.29, 0.717) is 23.0 Å². The number of hydrogen-bond donors (Lipinski definition) is 1. The molecule has 1 heterocycles. The molecule has 0 saturated heterocycles. The molecular formula is C15H17FN3PS. The highest BCUT2D eigenvalue weighted by atomic mass is 32.2. The molecule has 0 fully saturated rings. The van der Waals surface area contributed by atoms with Crippen molar-refractivity contribution in [1.82, 2.24) is 9.29 Å². The van der Waals surface area contributed by atoms with E-state index in [0.717, 1.165) is 10.2 Å². The molecule has 21 heavy (non-hydrogen) atoms. The van der Waals surface area contributed by atoms with Crippen molar-refractivity contribution in [2.75, 3.05) is 0 Å². The van der Waals surface area contributed by atoms with Gasteiger partial charge in [0.05, 0.1) is 5.69 Å². The van der Waals surface area contributed by atoms with Gasteiger partial charge >= 0.3 is 0 Å². The van der Waals surface area contributed by atoms with E-state index in [2.05, 4.69) is 20.0 Å². The van der Waals surface area contributed by atoms with E-state index in [-0.39, 0.29) is 5.82 Å². The van der Waals surface area contributed by atoms with Crippen LogP contribution in [0.15, 0.2) is 29.2 Å². The Morgan fingerprint density at radius 1 is 1.38 bits per heavy atom. The Balaban J connectivity index is 2.40. The molecule has 2 aromatic rings. The van der Waals surface area contributed by atoms with Crippen LogP contribution >= 0.6 is 21.2 Å². The van der Waals surface area contributed by atoms with Crippen molar-refractivity contribution in [2.45, 2.75) is 24.8 Å². The van der Waals surface area contributed by atoms with E-state index in [1.54, 1.807) is 29.8 Å². The van der Waals surface area contributed by atoms with Gasteiger partial charge in [0.2, 0.25) is 0 Å². The lowest BCUT2D eigenvalue weighted by atomic mass is 10.1. The van der Waals surface area contributed by atoms with Crippen molar-refractivity contribution in [3.63, 3.8) is 0 Å². The van der Waals surface area contributed by atoms with Gasteiger partial charge in [-0.25, -0.2) is 4.39 Å². The van der Waals surface area contributed by atoms with Gasteiger partial charge in [-0.05, 0) is 55.4 Å². The van der Waals surface area contributed by atoms with Gasteiger partial charge in [-0.1, -0.05) is 0 Å². The molecule has 3 nitrogen and oxygen atoms in total. The zero-order chi connectivity index (χ0) is 15.6. The van der Waals surface area contributed by atoms with Crippen LogP contribution in [0.4, 0.5) is 4.39 Å². The number of nitriles is 1. The summed E-state index contributed by atoms with van der Waals surface area (Å²) in [7, 11) is 4.40. The van der Waals surface area contributed by atoms with Crippen molar-refractivity contribution in [1.29, 1.82) is 5.26 Å². The van der Waals surface area contributed by atoms with Gasteiger partial charge in [-0.3, -0.25) is 4.72 Å². The number of halogens is 1. The molecule has 0 saturated carbocycles. The summed E-state index contributed by atoms with van der Waals surface area (Å²) in [6.45, 7) is 4.07. The SMILES string of the molecule is CC(C)NSc1cc(F)c(-c2ccc(C#N)n2C)cc1P. The minimum atomic E-state index is -0.292. The molecular weight excluding hydrogens is 304 g/mol. The van der Waals surface area contributed by atoms with Crippen LogP contribution in [0.3, 0.4) is 0 Å². The lowest BCUT2D eigenvalue weighted by molar-refractivity contribution is 0.626. The second-order valence-electron chi connectivity index (χ2n) is 5.02. The molecule has 110 valence electrons. The topological polar surface area (TPSA) is 40.8 Å². The normalized spacial score (nSPS) is 10.9. The summed E-state index contributed by atoms with van der Waals surface area (Å²) in [5, 5.41) is 9.91. The Bertz CT molecular complexity index is 704. The predicted molar refractivity (Wildman–Crippen MR) is 89.0 cm³/mol. The molecule has 0 amide bonds. The molecule has 1 atom stereocenters. The molecule has 1 aromatic carbocycles. The Morgan fingerprint density at radius 2 is 2.10 bits per heavy atom. The molecule has 6 heteroatoms. The monoisotopic (exact) mass is 321 g/mol. The Morgan fingerprint density at radius 3 is 2.67 bits per heavy atom. The quantitative estimate of drug-likeness (QED) is 0.694. The lowest BCUT2D eigenvalue weighted by Crippen LogP contribution is -2.15. The number of benzene rings is 1. The first kappa shape index (κ1) is 16.0. The van der Waals surface area contributed by atoms with Crippen LogP contribution < -0.4 is 10.0 Å². The van der Waals surface area contributed by atoms with E-state index in [9.17, 15) is 4.39 Å². The van der Waals surface area contributed by atoms with Crippen LogP contribution in [-0.2, 0) is 7.05 Å². The maximum absolute atomic E-state index is 14.4. The third-order valence-electron chi connectivity index (χ3n) is 3.02. The largest absolute Gasteiger partial charge is 0.335 e. The smallest absolute Gasteiger partial charge is 0.133 e. The highest BCUT2D eigenvalue weighted by Crippen LogP contribution is 2.27. The van der Waals surface area contributed by atoms with E-state index in [1.165, 1.54) is 18.0 Å². The molecule has 1 N–H and O–H groups in total. The zero-order valence-corrected chi connectivity index (χ0v) is 14.1. The molecule has 0 radical (unpaired) electrons.